The molecule has 0 aromatic heterocycles. The molecular weight excluding hydrogens is 570 g/mol. The van der Waals surface area contributed by atoms with Crippen molar-refractivity contribution in [3.8, 4) is 0 Å². The third-order valence-corrected chi connectivity index (χ3v) is 6.43. The molecule has 1 aliphatic heterocycles. The van der Waals surface area contributed by atoms with Gasteiger partial charge in [-0.1, -0.05) is 57.6 Å². The second-order valence-corrected chi connectivity index (χ2v) is 8.97. The normalized spacial score (nSPS) is 18.2. The van der Waals surface area contributed by atoms with Crippen LogP contribution in [0.3, 0.4) is 0 Å². The van der Waals surface area contributed by atoms with Crippen molar-refractivity contribution in [3.63, 3.8) is 0 Å². The second kappa shape index (κ2) is 10.1. The summed E-state index contributed by atoms with van der Waals surface area (Å²) in [6.07, 6.45) is -12.4. The van der Waals surface area contributed by atoms with E-state index in [2.05, 4.69) is 10.6 Å². The first-order chi connectivity index (χ1) is 16.1. The lowest BCUT2D eigenvalue weighted by Crippen LogP contribution is -2.42. The minimum atomic E-state index is -4.95. The van der Waals surface area contributed by atoms with Crippen LogP contribution in [0, 0.1) is 0 Å². The topological polar surface area (TPSA) is 62.7 Å². The largest absolute Gasteiger partial charge is 0.435 e. The van der Waals surface area contributed by atoms with Gasteiger partial charge in [0.1, 0.15) is 0 Å². The zero-order valence-electron chi connectivity index (χ0n) is 17.1. The first-order valence-electron chi connectivity index (χ1n) is 9.51. The molecule has 0 fully saturated rings. The van der Waals surface area contributed by atoms with E-state index in [0.717, 1.165) is 12.1 Å². The van der Waals surface area contributed by atoms with Gasteiger partial charge >= 0.3 is 12.4 Å². The van der Waals surface area contributed by atoms with Crippen molar-refractivity contribution in [1.29, 1.82) is 0 Å². The van der Waals surface area contributed by atoms with Gasteiger partial charge in [-0.3, -0.25) is 15.6 Å². The fraction of sp³-hybridized carbons (Fsp3) is 0.300. The Morgan fingerprint density at radius 3 is 2.20 bits per heavy atom. The van der Waals surface area contributed by atoms with Crippen molar-refractivity contribution in [2.75, 3.05) is 5.43 Å². The highest BCUT2D eigenvalue weighted by atomic mass is 35.5. The summed E-state index contributed by atoms with van der Waals surface area (Å²) in [5, 5.41) is 3.08. The van der Waals surface area contributed by atoms with E-state index in [0.29, 0.717) is 0 Å². The molecule has 0 bridgehead atoms. The van der Waals surface area contributed by atoms with Gasteiger partial charge in [-0.15, -0.1) is 0 Å². The number of anilines is 1. The number of carbonyl (C=O) groups is 1. The third-order valence-electron chi connectivity index (χ3n) is 4.91. The summed E-state index contributed by atoms with van der Waals surface area (Å²) >= 11 is 23.7. The highest BCUT2D eigenvalue weighted by Crippen LogP contribution is 2.50. The maximum atomic E-state index is 14.2. The average molecular weight is 583 g/mol. The minimum Gasteiger partial charge on any atom is -0.374 e. The lowest BCUT2D eigenvalue weighted by Gasteiger charge is -2.30. The number of nitrogens with zero attached hydrogens (tertiary/aromatic N) is 1. The fourth-order valence-corrected chi connectivity index (χ4v) is 3.86. The highest BCUT2D eigenvalue weighted by molar-refractivity contribution is 6.48. The van der Waals surface area contributed by atoms with Gasteiger partial charge in [0.25, 0.3) is 5.60 Å². The van der Waals surface area contributed by atoms with Crippen molar-refractivity contribution < 1.29 is 36.0 Å². The van der Waals surface area contributed by atoms with Gasteiger partial charge in [-0.2, -0.15) is 26.3 Å². The highest BCUT2D eigenvalue weighted by Gasteiger charge is 2.62. The van der Waals surface area contributed by atoms with Crippen molar-refractivity contribution >= 4 is 63.7 Å². The predicted octanol–water partition coefficient (Wildman–Crippen LogP) is 7.67. The Morgan fingerprint density at radius 2 is 1.63 bits per heavy atom. The van der Waals surface area contributed by atoms with Crippen LogP contribution in [0.5, 0.6) is 0 Å². The third kappa shape index (κ3) is 6.19. The molecule has 2 aromatic carbocycles. The molecule has 0 saturated carbocycles. The smallest absolute Gasteiger partial charge is 0.374 e. The van der Waals surface area contributed by atoms with Gasteiger partial charge in [-0.05, 0) is 24.3 Å². The number of hydrazine groups is 1. The Hall–Kier alpha value is -2.08. The first-order valence-corrected chi connectivity index (χ1v) is 11.0. The summed E-state index contributed by atoms with van der Waals surface area (Å²) in [7, 11) is 0. The molecule has 1 heterocycles. The second-order valence-electron chi connectivity index (χ2n) is 7.37. The van der Waals surface area contributed by atoms with Gasteiger partial charge in [0.15, 0.2) is 0 Å². The van der Waals surface area contributed by atoms with E-state index >= 15 is 0 Å². The van der Waals surface area contributed by atoms with Crippen molar-refractivity contribution in [1.82, 2.24) is 5.43 Å². The summed E-state index contributed by atoms with van der Waals surface area (Å²) in [6, 6.07) is 5.87. The molecule has 5 nitrogen and oxygen atoms in total. The predicted molar refractivity (Wildman–Crippen MR) is 120 cm³/mol. The Balaban J connectivity index is 1.83. The van der Waals surface area contributed by atoms with Crippen LogP contribution >= 0.6 is 46.4 Å². The van der Waals surface area contributed by atoms with Crippen LogP contribution in [0.25, 0.3) is 0 Å². The number of carbonyl (C=O) groups excluding carboxylic acids is 1. The Morgan fingerprint density at radius 1 is 1.00 bits per heavy atom. The number of oxime groups is 1. The molecule has 0 aliphatic carbocycles. The number of alkyl halides is 6. The Kier molecular flexibility index (Phi) is 7.95. The number of rotatable bonds is 6. The van der Waals surface area contributed by atoms with Gasteiger partial charge in [0.05, 0.1) is 37.9 Å². The lowest BCUT2D eigenvalue weighted by atomic mass is 9.86. The van der Waals surface area contributed by atoms with Gasteiger partial charge in [-0.25, -0.2) is 0 Å². The molecule has 35 heavy (non-hydrogen) atoms. The summed E-state index contributed by atoms with van der Waals surface area (Å²) in [5.74, 6) is -0.974. The maximum Gasteiger partial charge on any atom is 0.435 e. The van der Waals surface area contributed by atoms with E-state index in [4.69, 9.17) is 51.2 Å². The SMILES string of the molecule is O=C(CCC(F)(F)F)NNc1cc(C2=NO[C@@](c3cc(Cl)c(Cl)c(Cl)c3)(C(F)(F)F)C2)ccc1Cl. The zero-order chi connectivity index (χ0) is 26.2. The van der Waals surface area contributed by atoms with E-state index in [1.807, 2.05) is 5.43 Å². The molecule has 2 N–H and O–H groups in total. The standard InChI is InChI=1S/C20H13Cl4F6N3O2/c21-11-2-1-9(5-14(11)31-32-16(34)3-4-19(25,26)27)15-8-18(35-33-15,20(28,29)30)10-6-12(22)17(24)13(23)7-10/h1-2,5-7,31H,3-4,8H2,(H,32,34)/t18-/m0/s1. The average Bonchev–Trinajstić information content (AvgIpc) is 3.21. The van der Waals surface area contributed by atoms with Crippen molar-refractivity contribution in [2.45, 2.75) is 37.2 Å². The lowest BCUT2D eigenvalue weighted by molar-refractivity contribution is -0.275. The molecule has 1 aliphatic rings. The number of hydrogen-bond acceptors (Lipinski definition) is 4. The van der Waals surface area contributed by atoms with Crippen LogP contribution in [-0.2, 0) is 15.2 Å². The fourth-order valence-electron chi connectivity index (χ4n) is 3.10. The zero-order valence-corrected chi connectivity index (χ0v) is 20.1. The van der Waals surface area contributed by atoms with E-state index < -0.39 is 48.7 Å². The maximum absolute atomic E-state index is 14.2. The van der Waals surface area contributed by atoms with Crippen LogP contribution in [0.4, 0.5) is 32.0 Å². The summed E-state index contributed by atoms with van der Waals surface area (Å²) in [5.41, 5.74) is 1.07. The van der Waals surface area contributed by atoms with Crippen molar-refractivity contribution in [3.05, 3.63) is 61.5 Å². The molecule has 0 saturated heterocycles. The van der Waals surface area contributed by atoms with E-state index in [1.54, 1.807) is 0 Å². The molecule has 1 amide bonds. The number of amides is 1. The van der Waals surface area contributed by atoms with Crippen LogP contribution in [-0.4, -0.2) is 24.0 Å². The Labute approximate surface area is 214 Å². The quantitative estimate of drug-likeness (QED) is 0.209. The molecule has 0 unspecified atom stereocenters. The molecule has 1 atom stereocenters. The summed E-state index contributed by atoms with van der Waals surface area (Å²) in [4.78, 5) is 16.5. The number of benzene rings is 2. The van der Waals surface area contributed by atoms with Gasteiger partial charge in [0, 0.05) is 24.0 Å². The molecule has 15 heteroatoms. The molecule has 0 spiro atoms. The Bertz CT molecular complexity index is 1150. The van der Waals surface area contributed by atoms with Crippen LogP contribution in [0.1, 0.15) is 30.4 Å². The number of nitrogens with one attached hydrogen (secondary N) is 2. The molecule has 190 valence electrons. The van der Waals surface area contributed by atoms with Crippen LogP contribution < -0.4 is 10.9 Å². The molecule has 0 radical (unpaired) electrons. The first kappa shape index (κ1) is 27.5. The number of hydrogen-bond donors (Lipinski definition) is 2. The summed E-state index contributed by atoms with van der Waals surface area (Å²) < 4.78 is 79.3. The van der Waals surface area contributed by atoms with Crippen molar-refractivity contribution in [2.24, 2.45) is 5.16 Å². The van der Waals surface area contributed by atoms with E-state index in [9.17, 15) is 31.1 Å². The van der Waals surface area contributed by atoms with Crippen LogP contribution in [0.2, 0.25) is 20.1 Å². The van der Waals surface area contributed by atoms with Gasteiger partial charge < -0.3 is 4.84 Å². The summed E-state index contributed by atoms with van der Waals surface area (Å²) in [6.45, 7) is 0. The molecule has 2 aromatic rings. The molecule has 3 rings (SSSR count). The minimum absolute atomic E-state index is 0.00863. The van der Waals surface area contributed by atoms with E-state index in [-0.39, 0.29) is 37.1 Å². The van der Waals surface area contributed by atoms with Crippen LogP contribution in [0.15, 0.2) is 35.5 Å². The number of halogens is 10. The monoisotopic (exact) mass is 581 g/mol. The van der Waals surface area contributed by atoms with E-state index in [1.165, 1.54) is 18.2 Å². The van der Waals surface area contributed by atoms with Gasteiger partial charge in [0.2, 0.25) is 5.91 Å². The molecular formula is C20H13Cl4F6N3O2.